The molecule has 2 aliphatic rings. The van der Waals surface area contributed by atoms with E-state index in [9.17, 15) is 9.90 Å². The molecule has 1 atom stereocenters. The maximum Gasteiger partial charge on any atom is 0.254 e. The number of aliphatic hydroxyl groups excluding tert-OH is 1. The highest BCUT2D eigenvalue weighted by Crippen LogP contribution is 2.49. The molecule has 1 amide bonds. The normalized spacial score (nSPS) is 18.9. The first kappa shape index (κ1) is 21.8. The molecule has 0 unspecified atom stereocenters. The van der Waals surface area contributed by atoms with Crippen molar-refractivity contribution in [1.29, 1.82) is 0 Å². The number of likely N-dealkylation sites (tertiary alicyclic amines) is 1. The van der Waals surface area contributed by atoms with Crippen molar-refractivity contribution < 1.29 is 14.6 Å². The van der Waals surface area contributed by atoms with E-state index in [1.807, 2.05) is 59.6 Å². The minimum absolute atomic E-state index is 0.0587. The molecule has 7 nitrogen and oxygen atoms in total. The van der Waals surface area contributed by atoms with Crippen LogP contribution in [0.4, 0.5) is 0 Å². The summed E-state index contributed by atoms with van der Waals surface area (Å²) in [4.78, 5) is 25.7. The van der Waals surface area contributed by atoms with Gasteiger partial charge in [-0.1, -0.05) is 24.3 Å². The highest BCUT2D eigenvalue weighted by atomic mass is 16.5. The molecule has 0 aliphatic carbocycles. The molecule has 0 saturated carbocycles. The number of nitrogens with one attached hydrogen (secondary N) is 1. The van der Waals surface area contributed by atoms with Crippen molar-refractivity contribution in [2.24, 2.45) is 0 Å². The van der Waals surface area contributed by atoms with Gasteiger partial charge < -0.3 is 19.7 Å². The number of amides is 1. The number of carbonyl (C=O) groups excluding carboxylic acids is 1. The van der Waals surface area contributed by atoms with Crippen molar-refractivity contribution >= 4 is 16.8 Å². The summed E-state index contributed by atoms with van der Waals surface area (Å²) in [5.41, 5.74) is 4.69. The van der Waals surface area contributed by atoms with E-state index >= 15 is 0 Å². The van der Waals surface area contributed by atoms with Crippen LogP contribution >= 0.6 is 0 Å². The van der Waals surface area contributed by atoms with Gasteiger partial charge in [-0.3, -0.25) is 14.7 Å². The average Bonchev–Trinajstić information content (AvgIpc) is 3.27. The van der Waals surface area contributed by atoms with Gasteiger partial charge in [-0.25, -0.2) is 0 Å². The van der Waals surface area contributed by atoms with Gasteiger partial charge in [0.1, 0.15) is 5.75 Å². The van der Waals surface area contributed by atoms with Gasteiger partial charge in [-0.15, -0.1) is 0 Å². The van der Waals surface area contributed by atoms with E-state index in [0.717, 1.165) is 42.0 Å². The number of pyridine rings is 1. The van der Waals surface area contributed by atoms with E-state index < -0.39 is 6.04 Å². The Labute approximate surface area is 204 Å². The zero-order chi connectivity index (χ0) is 24.0. The summed E-state index contributed by atoms with van der Waals surface area (Å²) in [7, 11) is 1.66. The van der Waals surface area contributed by atoms with Crippen molar-refractivity contribution in [2.75, 3.05) is 33.4 Å². The molecular formula is C28H28N4O3. The smallest absolute Gasteiger partial charge is 0.254 e. The second kappa shape index (κ2) is 8.52. The summed E-state index contributed by atoms with van der Waals surface area (Å²) < 4.78 is 5.45. The lowest BCUT2D eigenvalue weighted by atomic mass is 9.68. The Morgan fingerprint density at radius 1 is 1.14 bits per heavy atom. The number of fused-ring (bicyclic) bond motifs is 4. The summed E-state index contributed by atoms with van der Waals surface area (Å²) >= 11 is 0. The van der Waals surface area contributed by atoms with E-state index in [1.54, 1.807) is 13.3 Å². The van der Waals surface area contributed by atoms with Crippen LogP contribution in [0, 0.1) is 0 Å². The topological polar surface area (TPSA) is 81.7 Å². The third kappa shape index (κ3) is 3.59. The summed E-state index contributed by atoms with van der Waals surface area (Å²) in [6.07, 6.45) is 3.69. The fraction of sp³-hybridized carbons (Fsp3) is 0.286. The van der Waals surface area contributed by atoms with Gasteiger partial charge in [-0.2, -0.15) is 0 Å². The van der Waals surface area contributed by atoms with Crippen molar-refractivity contribution in [3.05, 3.63) is 95.4 Å². The lowest BCUT2D eigenvalue weighted by Crippen LogP contribution is -2.66. The molecule has 1 spiro atoms. The molecule has 2 aromatic carbocycles. The quantitative estimate of drug-likeness (QED) is 0.469. The maximum atomic E-state index is 13.7. The number of benzene rings is 2. The number of methoxy groups -OCH3 is 1. The number of nitrogens with zero attached hydrogens (tertiary/aromatic N) is 3. The monoisotopic (exact) mass is 468 g/mol. The molecule has 1 fully saturated rings. The van der Waals surface area contributed by atoms with Crippen LogP contribution in [-0.2, 0) is 12.0 Å². The molecule has 2 N–H and O–H groups in total. The summed E-state index contributed by atoms with van der Waals surface area (Å²) in [6.45, 7) is 2.87. The van der Waals surface area contributed by atoms with Crippen molar-refractivity contribution in [3.8, 4) is 5.75 Å². The molecular weight excluding hydrogens is 440 g/mol. The first-order valence-electron chi connectivity index (χ1n) is 11.9. The Hall–Kier alpha value is -3.68. The second-order valence-corrected chi connectivity index (χ2v) is 9.61. The van der Waals surface area contributed by atoms with Gasteiger partial charge in [0.15, 0.2) is 0 Å². The molecule has 2 aromatic heterocycles. The molecule has 0 bridgehead atoms. The zero-order valence-electron chi connectivity index (χ0n) is 19.6. The number of rotatable bonds is 5. The number of H-pyrrole nitrogens is 1. The second-order valence-electron chi connectivity index (χ2n) is 9.61. The predicted molar refractivity (Wildman–Crippen MR) is 133 cm³/mol. The highest BCUT2D eigenvalue weighted by molar-refractivity contribution is 5.96. The summed E-state index contributed by atoms with van der Waals surface area (Å²) in [5, 5.41) is 11.6. The van der Waals surface area contributed by atoms with E-state index in [0.29, 0.717) is 12.1 Å². The van der Waals surface area contributed by atoms with Crippen molar-refractivity contribution in [1.82, 2.24) is 19.8 Å². The maximum absolute atomic E-state index is 13.7. The van der Waals surface area contributed by atoms with Crippen LogP contribution in [0.5, 0.6) is 5.75 Å². The van der Waals surface area contributed by atoms with E-state index in [4.69, 9.17) is 4.74 Å². The lowest BCUT2D eigenvalue weighted by Gasteiger charge is -2.56. The third-order valence-electron chi connectivity index (χ3n) is 7.38. The predicted octanol–water partition coefficient (Wildman–Crippen LogP) is 3.51. The molecule has 2 aliphatic heterocycles. The average molecular weight is 469 g/mol. The Bertz CT molecular complexity index is 1360. The number of aromatic amines is 1. The standard InChI is InChI=1S/C28H28N4O3/c1-35-21-9-10-22-23(12-21)30-26-24(15-33)32(27(34)20-7-3-2-4-8-20)18-28(25(22)26)16-31(17-28)14-19-6-5-11-29-13-19/h2-13,24,30,33H,14-18H2,1H3/t24-/m0/s1. The largest absolute Gasteiger partial charge is 0.497 e. The number of hydrogen-bond acceptors (Lipinski definition) is 5. The highest BCUT2D eigenvalue weighted by Gasteiger charge is 2.53. The van der Waals surface area contributed by atoms with Gasteiger partial charge in [0.05, 0.1) is 19.8 Å². The summed E-state index contributed by atoms with van der Waals surface area (Å²) in [5.74, 6) is 0.714. The third-order valence-corrected chi connectivity index (χ3v) is 7.38. The van der Waals surface area contributed by atoms with Gasteiger partial charge in [-0.05, 0) is 41.5 Å². The SMILES string of the molecule is COc1ccc2c3c([nH]c2c1)[C@H](CO)N(C(=O)c1ccccc1)CC31CN(Cc2cccnc2)C1. The number of ether oxygens (including phenoxy) is 1. The fourth-order valence-corrected chi connectivity index (χ4v) is 5.90. The minimum atomic E-state index is -0.436. The molecule has 178 valence electrons. The van der Waals surface area contributed by atoms with Gasteiger partial charge >= 0.3 is 0 Å². The molecule has 35 heavy (non-hydrogen) atoms. The van der Waals surface area contributed by atoms with Crippen LogP contribution in [0.15, 0.2) is 73.1 Å². The molecule has 0 radical (unpaired) electrons. The molecule has 4 heterocycles. The number of aliphatic hydroxyl groups is 1. The van der Waals surface area contributed by atoms with E-state index in [-0.39, 0.29) is 17.9 Å². The van der Waals surface area contributed by atoms with E-state index in [1.165, 1.54) is 11.1 Å². The molecule has 1 saturated heterocycles. The van der Waals surface area contributed by atoms with Crippen LogP contribution < -0.4 is 4.74 Å². The van der Waals surface area contributed by atoms with Gasteiger partial charge in [0, 0.05) is 72.2 Å². The molecule has 6 rings (SSSR count). The fourth-order valence-electron chi connectivity index (χ4n) is 5.90. The van der Waals surface area contributed by atoms with Crippen LogP contribution in [0.1, 0.15) is 33.2 Å². The van der Waals surface area contributed by atoms with Gasteiger partial charge in [0.2, 0.25) is 0 Å². The van der Waals surface area contributed by atoms with Crippen molar-refractivity contribution in [3.63, 3.8) is 0 Å². The number of carbonyl (C=O) groups is 1. The Morgan fingerprint density at radius 3 is 2.69 bits per heavy atom. The van der Waals surface area contributed by atoms with Crippen molar-refractivity contribution in [2.45, 2.75) is 18.0 Å². The number of hydrogen-bond donors (Lipinski definition) is 2. The lowest BCUT2D eigenvalue weighted by molar-refractivity contribution is -0.00405. The molecule has 4 aromatic rings. The zero-order valence-corrected chi connectivity index (χ0v) is 19.6. The van der Waals surface area contributed by atoms with Crippen LogP contribution in [-0.4, -0.2) is 64.1 Å². The first-order valence-corrected chi connectivity index (χ1v) is 11.9. The molecule has 7 heteroatoms. The number of aromatic nitrogens is 2. The minimum Gasteiger partial charge on any atom is -0.497 e. The Balaban J connectivity index is 1.42. The Morgan fingerprint density at radius 2 is 1.97 bits per heavy atom. The van der Waals surface area contributed by atoms with Gasteiger partial charge in [0.25, 0.3) is 5.91 Å². The van der Waals surface area contributed by atoms with Crippen LogP contribution in [0.25, 0.3) is 10.9 Å². The summed E-state index contributed by atoms with van der Waals surface area (Å²) in [6, 6.07) is 19.0. The van der Waals surface area contributed by atoms with E-state index in [2.05, 4.69) is 27.0 Å². The Kier molecular flexibility index (Phi) is 5.31. The van der Waals surface area contributed by atoms with Crippen LogP contribution in [0.2, 0.25) is 0 Å². The van der Waals surface area contributed by atoms with Crippen LogP contribution in [0.3, 0.4) is 0 Å². The first-order chi connectivity index (χ1) is 17.1.